The summed E-state index contributed by atoms with van der Waals surface area (Å²) in [5.41, 5.74) is 0.0486. The van der Waals surface area contributed by atoms with Crippen LogP contribution in [0, 0.1) is 0 Å². The molecular formula is C9H11ClO5S2. The van der Waals surface area contributed by atoms with Gasteiger partial charge in [-0.1, -0.05) is 6.07 Å². The minimum atomic E-state index is -3.86. The van der Waals surface area contributed by atoms with Gasteiger partial charge >= 0.3 is 0 Å². The average molecular weight is 299 g/mol. The Bertz CT molecular complexity index is 619. The zero-order valence-corrected chi connectivity index (χ0v) is 11.6. The number of benzene rings is 1. The van der Waals surface area contributed by atoms with E-state index in [2.05, 4.69) is 0 Å². The number of halogens is 1. The lowest BCUT2D eigenvalue weighted by atomic mass is 10.2. The maximum Gasteiger partial charge on any atom is 0.236 e. The summed E-state index contributed by atoms with van der Waals surface area (Å²) < 4.78 is 50.1. The molecule has 0 saturated heterocycles. The molecule has 0 spiro atoms. The van der Waals surface area contributed by atoms with Gasteiger partial charge < -0.3 is 4.74 Å². The van der Waals surface area contributed by atoms with Gasteiger partial charge in [0, 0.05) is 22.5 Å². The summed E-state index contributed by atoms with van der Waals surface area (Å²) in [5, 5.41) is 0. The van der Waals surface area contributed by atoms with Gasteiger partial charge in [-0.05, 0) is 12.1 Å². The van der Waals surface area contributed by atoms with Gasteiger partial charge in [0.2, 0.25) is 9.05 Å². The molecule has 0 saturated carbocycles. The first-order valence-corrected chi connectivity index (χ1v) is 8.80. The van der Waals surface area contributed by atoms with E-state index >= 15 is 0 Å². The van der Waals surface area contributed by atoms with E-state index in [1.54, 1.807) is 0 Å². The van der Waals surface area contributed by atoms with Crippen LogP contribution in [0.5, 0.6) is 5.75 Å². The lowest BCUT2D eigenvalue weighted by molar-refractivity contribution is 0.409. The highest BCUT2D eigenvalue weighted by Crippen LogP contribution is 2.28. The molecule has 0 bridgehead atoms. The van der Waals surface area contributed by atoms with Crippen molar-refractivity contribution in [3.05, 3.63) is 23.8 Å². The number of hydrogen-bond acceptors (Lipinski definition) is 5. The van der Waals surface area contributed by atoms with Crippen LogP contribution in [0.25, 0.3) is 0 Å². The predicted molar refractivity (Wildman–Crippen MR) is 64.6 cm³/mol. The molecule has 0 radical (unpaired) electrons. The standard InChI is InChI=1S/C9H11ClO5S2/c1-15-8-4-3-5-9(16(2,11)12)7(8)6-17(10,13)14/h3-5H,6H2,1-2H3. The minimum absolute atomic E-state index is 0.0486. The number of ether oxygens (including phenoxy) is 1. The first-order valence-electron chi connectivity index (χ1n) is 4.43. The molecule has 1 rings (SSSR count). The fraction of sp³-hybridized carbons (Fsp3) is 0.333. The lowest BCUT2D eigenvalue weighted by Gasteiger charge is -2.11. The highest BCUT2D eigenvalue weighted by atomic mass is 35.7. The first-order chi connectivity index (χ1) is 7.65. The second kappa shape index (κ2) is 4.83. The molecule has 0 unspecified atom stereocenters. The normalized spacial score (nSPS) is 12.4. The summed E-state index contributed by atoms with van der Waals surface area (Å²) in [6.07, 6.45) is 0.992. The SMILES string of the molecule is COc1cccc(S(C)(=O)=O)c1CS(=O)(=O)Cl. The smallest absolute Gasteiger partial charge is 0.236 e. The maximum absolute atomic E-state index is 11.5. The molecule has 0 heterocycles. The fourth-order valence-electron chi connectivity index (χ4n) is 1.40. The minimum Gasteiger partial charge on any atom is -0.496 e. The van der Waals surface area contributed by atoms with Crippen LogP contribution in [-0.4, -0.2) is 30.2 Å². The van der Waals surface area contributed by atoms with E-state index in [0.29, 0.717) is 0 Å². The summed E-state index contributed by atoms with van der Waals surface area (Å²) in [7, 11) is -0.941. The Morgan fingerprint density at radius 1 is 1.24 bits per heavy atom. The Labute approximate surface area is 105 Å². The van der Waals surface area contributed by atoms with Gasteiger partial charge in [0.15, 0.2) is 9.84 Å². The Morgan fingerprint density at radius 2 is 1.82 bits per heavy atom. The van der Waals surface area contributed by atoms with Gasteiger partial charge in [0.1, 0.15) is 5.75 Å². The van der Waals surface area contributed by atoms with Crippen molar-refractivity contribution in [3.63, 3.8) is 0 Å². The van der Waals surface area contributed by atoms with Gasteiger partial charge in [-0.2, -0.15) is 0 Å². The quantitative estimate of drug-likeness (QED) is 0.780. The van der Waals surface area contributed by atoms with E-state index in [1.807, 2.05) is 0 Å². The van der Waals surface area contributed by atoms with Crippen LogP contribution >= 0.6 is 10.7 Å². The highest BCUT2D eigenvalue weighted by molar-refractivity contribution is 8.13. The summed E-state index contributed by atoms with van der Waals surface area (Å²) >= 11 is 0. The molecule has 0 aliphatic carbocycles. The number of hydrogen-bond donors (Lipinski definition) is 0. The number of rotatable bonds is 4. The third-order valence-electron chi connectivity index (χ3n) is 2.03. The summed E-state index contributed by atoms with van der Waals surface area (Å²) in [6, 6.07) is 4.26. The van der Waals surface area contributed by atoms with E-state index < -0.39 is 24.6 Å². The molecule has 1 aromatic carbocycles. The van der Waals surface area contributed by atoms with Crippen molar-refractivity contribution in [2.75, 3.05) is 13.4 Å². The third kappa shape index (κ3) is 3.86. The molecule has 0 aromatic heterocycles. The second-order valence-corrected chi connectivity index (χ2v) is 8.15. The topological polar surface area (TPSA) is 77.5 Å². The third-order valence-corrected chi connectivity index (χ3v) is 4.17. The Morgan fingerprint density at radius 3 is 2.24 bits per heavy atom. The zero-order chi connectivity index (χ0) is 13.3. The molecule has 8 heteroatoms. The summed E-state index contributed by atoms with van der Waals surface area (Å²) in [5.74, 6) is -0.418. The largest absolute Gasteiger partial charge is 0.496 e. The summed E-state index contributed by atoms with van der Waals surface area (Å²) in [4.78, 5) is -0.0962. The molecular weight excluding hydrogens is 288 g/mol. The van der Waals surface area contributed by atoms with Gasteiger partial charge in [0.25, 0.3) is 0 Å². The van der Waals surface area contributed by atoms with Crippen molar-refractivity contribution in [1.82, 2.24) is 0 Å². The molecule has 0 fully saturated rings. The molecule has 1 aromatic rings. The van der Waals surface area contributed by atoms with Gasteiger partial charge in [0.05, 0.1) is 17.8 Å². The zero-order valence-electron chi connectivity index (χ0n) is 9.17. The second-order valence-electron chi connectivity index (χ2n) is 3.39. The van der Waals surface area contributed by atoms with Crippen LogP contribution in [0.1, 0.15) is 5.56 Å². The van der Waals surface area contributed by atoms with Gasteiger partial charge in [-0.3, -0.25) is 0 Å². The Hall–Kier alpha value is -0.790. The van der Waals surface area contributed by atoms with Gasteiger partial charge in [-0.25, -0.2) is 16.8 Å². The highest BCUT2D eigenvalue weighted by Gasteiger charge is 2.21. The van der Waals surface area contributed by atoms with E-state index in [1.165, 1.54) is 25.3 Å². The van der Waals surface area contributed by atoms with Crippen molar-refractivity contribution in [3.8, 4) is 5.75 Å². The summed E-state index contributed by atoms with van der Waals surface area (Å²) in [6.45, 7) is 0. The van der Waals surface area contributed by atoms with Crippen LogP contribution < -0.4 is 4.74 Å². The molecule has 0 N–H and O–H groups in total. The molecule has 0 aliphatic heterocycles. The first kappa shape index (κ1) is 14.3. The molecule has 0 amide bonds. The van der Waals surface area contributed by atoms with Crippen LogP contribution in [0.4, 0.5) is 0 Å². The van der Waals surface area contributed by atoms with E-state index in [0.717, 1.165) is 6.26 Å². The van der Waals surface area contributed by atoms with Crippen LogP contribution in [0.3, 0.4) is 0 Å². The lowest BCUT2D eigenvalue weighted by Crippen LogP contribution is -2.07. The monoisotopic (exact) mass is 298 g/mol. The van der Waals surface area contributed by atoms with Crippen molar-refractivity contribution in [1.29, 1.82) is 0 Å². The van der Waals surface area contributed by atoms with E-state index in [-0.39, 0.29) is 16.2 Å². The molecule has 0 aliphatic rings. The predicted octanol–water partition coefficient (Wildman–Crippen LogP) is 1.17. The Balaban J connectivity index is 3.52. The van der Waals surface area contributed by atoms with Crippen molar-refractivity contribution in [2.24, 2.45) is 0 Å². The Kier molecular flexibility index (Phi) is 4.06. The van der Waals surface area contributed by atoms with E-state index in [4.69, 9.17) is 15.4 Å². The van der Waals surface area contributed by atoms with Crippen LogP contribution in [0.15, 0.2) is 23.1 Å². The number of sulfone groups is 1. The van der Waals surface area contributed by atoms with Gasteiger partial charge in [-0.15, -0.1) is 0 Å². The average Bonchev–Trinajstić information content (AvgIpc) is 2.13. The molecule has 5 nitrogen and oxygen atoms in total. The molecule has 0 atom stereocenters. The van der Waals surface area contributed by atoms with Crippen LogP contribution in [-0.2, 0) is 24.6 Å². The maximum atomic E-state index is 11.5. The number of methoxy groups -OCH3 is 1. The van der Waals surface area contributed by atoms with Crippen LogP contribution in [0.2, 0.25) is 0 Å². The van der Waals surface area contributed by atoms with Crippen molar-refractivity contribution < 1.29 is 21.6 Å². The molecule has 17 heavy (non-hydrogen) atoms. The van der Waals surface area contributed by atoms with E-state index in [9.17, 15) is 16.8 Å². The van der Waals surface area contributed by atoms with Crippen molar-refractivity contribution >= 4 is 29.6 Å². The fourth-order valence-corrected chi connectivity index (χ4v) is 3.41. The molecule has 96 valence electrons. The van der Waals surface area contributed by atoms with Crippen molar-refractivity contribution in [2.45, 2.75) is 10.6 Å².